The lowest BCUT2D eigenvalue weighted by Crippen LogP contribution is -2.46. The van der Waals surface area contributed by atoms with Crippen LogP contribution in [0.2, 0.25) is 0 Å². The molecule has 7 heteroatoms. The summed E-state index contributed by atoms with van der Waals surface area (Å²) < 4.78 is 24.3. The van der Waals surface area contributed by atoms with Crippen LogP contribution < -0.4 is 0 Å². The van der Waals surface area contributed by atoms with Gasteiger partial charge in [-0.15, -0.1) is 0 Å². The van der Waals surface area contributed by atoms with E-state index in [9.17, 15) is 18.3 Å². The molecule has 2 heterocycles. The molecule has 1 N–H and O–H groups in total. The van der Waals surface area contributed by atoms with Crippen molar-refractivity contribution in [2.45, 2.75) is 31.4 Å². The van der Waals surface area contributed by atoms with Gasteiger partial charge in [-0.1, -0.05) is 0 Å². The molecule has 1 amide bonds. The van der Waals surface area contributed by atoms with E-state index in [0.29, 0.717) is 32.5 Å². The van der Waals surface area contributed by atoms with E-state index in [0.717, 1.165) is 12.7 Å². The lowest BCUT2D eigenvalue weighted by Gasteiger charge is -2.25. The number of rotatable bonds is 2. The van der Waals surface area contributed by atoms with Gasteiger partial charge in [-0.25, -0.2) is 8.42 Å². The zero-order chi connectivity index (χ0) is 12.6. The number of hydrogen-bond acceptors (Lipinski definition) is 4. The number of amides is 1. The second-order valence-electron chi connectivity index (χ2n) is 4.76. The summed E-state index contributed by atoms with van der Waals surface area (Å²) in [5, 5.41) is 9.39. The van der Waals surface area contributed by atoms with Gasteiger partial charge in [0.2, 0.25) is 15.9 Å². The molecule has 17 heavy (non-hydrogen) atoms. The molecular weight excluding hydrogens is 244 g/mol. The number of aliphatic hydroxyl groups is 1. The van der Waals surface area contributed by atoms with E-state index in [1.165, 1.54) is 4.31 Å². The third kappa shape index (κ3) is 2.61. The highest BCUT2D eigenvalue weighted by Crippen LogP contribution is 2.23. The van der Waals surface area contributed by atoms with Crippen LogP contribution in [0.25, 0.3) is 0 Å². The zero-order valence-electron chi connectivity index (χ0n) is 9.87. The molecule has 0 aromatic carbocycles. The molecule has 0 bridgehead atoms. The maximum atomic E-state index is 12.2. The molecule has 0 aromatic heterocycles. The Morgan fingerprint density at radius 3 is 2.53 bits per heavy atom. The van der Waals surface area contributed by atoms with Gasteiger partial charge in [0.15, 0.2) is 0 Å². The predicted molar refractivity (Wildman–Crippen MR) is 61.8 cm³/mol. The maximum Gasteiger partial charge on any atom is 0.241 e. The van der Waals surface area contributed by atoms with E-state index < -0.39 is 22.2 Å². The molecule has 6 nitrogen and oxygen atoms in total. The molecule has 2 atom stereocenters. The minimum Gasteiger partial charge on any atom is -0.391 e. The Morgan fingerprint density at radius 2 is 2.00 bits per heavy atom. The second kappa shape index (κ2) is 4.55. The Balaban J connectivity index is 2.09. The average Bonchev–Trinajstić information content (AvgIpc) is 2.83. The summed E-state index contributed by atoms with van der Waals surface area (Å²) in [5.74, 6) is -0.163. The lowest BCUT2D eigenvalue weighted by molar-refractivity contribution is -0.133. The van der Waals surface area contributed by atoms with Crippen LogP contribution in [-0.2, 0) is 14.8 Å². The van der Waals surface area contributed by atoms with Crippen LogP contribution >= 0.6 is 0 Å². The summed E-state index contributed by atoms with van der Waals surface area (Å²) >= 11 is 0. The number of carbonyl (C=O) groups excluding carboxylic acids is 1. The molecular formula is C10H18N2O4S. The van der Waals surface area contributed by atoms with Crippen molar-refractivity contribution in [2.24, 2.45) is 0 Å². The van der Waals surface area contributed by atoms with Crippen LogP contribution in [-0.4, -0.2) is 66.7 Å². The Morgan fingerprint density at radius 1 is 1.29 bits per heavy atom. The quantitative estimate of drug-likeness (QED) is 0.692. The van der Waals surface area contributed by atoms with E-state index in [-0.39, 0.29) is 5.91 Å². The first-order valence-electron chi connectivity index (χ1n) is 5.83. The van der Waals surface area contributed by atoms with Crippen molar-refractivity contribution in [1.29, 1.82) is 0 Å². The van der Waals surface area contributed by atoms with Crippen molar-refractivity contribution in [1.82, 2.24) is 9.21 Å². The van der Waals surface area contributed by atoms with Gasteiger partial charge in [0.1, 0.15) is 6.04 Å². The van der Waals surface area contributed by atoms with Gasteiger partial charge in [0.05, 0.1) is 12.4 Å². The molecule has 1 unspecified atom stereocenters. The number of sulfonamides is 1. The van der Waals surface area contributed by atoms with Gasteiger partial charge in [0.25, 0.3) is 0 Å². The number of carbonyl (C=O) groups is 1. The van der Waals surface area contributed by atoms with Crippen molar-refractivity contribution < 1.29 is 18.3 Å². The summed E-state index contributed by atoms with van der Waals surface area (Å²) in [5.41, 5.74) is 0. The molecule has 0 spiro atoms. The van der Waals surface area contributed by atoms with Crippen LogP contribution in [0.15, 0.2) is 0 Å². The van der Waals surface area contributed by atoms with Crippen LogP contribution in [0.5, 0.6) is 0 Å². The van der Waals surface area contributed by atoms with E-state index in [4.69, 9.17) is 0 Å². The number of nitrogens with zero attached hydrogens (tertiary/aromatic N) is 2. The fourth-order valence-corrected chi connectivity index (χ4v) is 3.66. The summed E-state index contributed by atoms with van der Waals surface area (Å²) in [6.07, 6.45) is 2.56. The number of likely N-dealkylation sites (tertiary alicyclic amines) is 1. The molecule has 2 fully saturated rings. The Hall–Kier alpha value is -0.660. The first-order chi connectivity index (χ1) is 7.89. The first-order valence-corrected chi connectivity index (χ1v) is 7.68. The third-order valence-corrected chi connectivity index (χ3v) is 4.68. The van der Waals surface area contributed by atoms with E-state index in [1.807, 2.05) is 0 Å². The average molecular weight is 262 g/mol. The number of β-amino-alcohol motifs (C(OH)–C–C–N with tert-alkyl or cyclic N) is 1. The van der Waals surface area contributed by atoms with Crippen LogP contribution in [0.4, 0.5) is 0 Å². The Bertz CT molecular complexity index is 409. The normalized spacial score (nSPS) is 31.1. The SMILES string of the molecule is CS(=O)(=O)N1CCCC1C(=O)N1CC[C@H](O)C1. The molecule has 0 radical (unpaired) electrons. The van der Waals surface area contributed by atoms with Gasteiger partial charge >= 0.3 is 0 Å². The third-order valence-electron chi connectivity index (χ3n) is 3.39. The molecule has 2 aliphatic rings. The molecule has 2 saturated heterocycles. The number of hydrogen-bond donors (Lipinski definition) is 1. The highest BCUT2D eigenvalue weighted by Gasteiger charge is 2.39. The monoisotopic (exact) mass is 262 g/mol. The second-order valence-corrected chi connectivity index (χ2v) is 6.69. The van der Waals surface area contributed by atoms with Crippen molar-refractivity contribution in [3.8, 4) is 0 Å². The largest absolute Gasteiger partial charge is 0.391 e. The summed E-state index contributed by atoms with van der Waals surface area (Å²) in [6, 6.07) is -0.560. The highest BCUT2D eigenvalue weighted by molar-refractivity contribution is 7.88. The summed E-state index contributed by atoms with van der Waals surface area (Å²) in [6.45, 7) is 1.27. The predicted octanol–water partition coefficient (Wildman–Crippen LogP) is -0.996. The van der Waals surface area contributed by atoms with Crippen molar-refractivity contribution in [3.63, 3.8) is 0 Å². The smallest absolute Gasteiger partial charge is 0.241 e. The topological polar surface area (TPSA) is 77.9 Å². The summed E-state index contributed by atoms with van der Waals surface area (Å²) in [4.78, 5) is 13.7. The van der Waals surface area contributed by atoms with Crippen molar-refractivity contribution in [2.75, 3.05) is 25.9 Å². The van der Waals surface area contributed by atoms with Crippen LogP contribution in [0.3, 0.4) is 0 Å². The fourth-order valence-electron chi connectivity index (χ4n) is 2.54. The van der Waals surface area contributed by atoms with Crippen molar-refractivity contribution >= 4 is 15.9 Å². The van der Waals surface area contributed by atoms with E-state index in [1.54, 1.807) is 4.90 Å². The summed E-state index contributed by atoms with van der Waals surface area (Å²) in [7, 11) is -3.32. The molecule has 0 aliphatic carbocycles. The minimum atomic E-state index is -3.32. The molecule has 2 aliphatic heterocycles. The van der Waals surface area contributed by atoms with Gasteiger partial charge in [-0.05, 0) is 19.3 Å². The number of aliphatic hydroxyl groups excluding tert-OH is 1. The highest BCUT2D eigenvalue weighted by atomic mass is 32.2. The lowest BCUT2D eigenvalue weighted by atomic mass is 10.2. The van der Waals surface area contributed by atoms with E-state index in [2.05, 4.69) is 0 Å². The zero-order valence-corrected chi connectivity index (χ0v) is 10.7. The fraction of sp³-hybridized carbons (Fsp3) is 0.900. The Kier molecular flexibility index (Phi) is 3.42. The minimum absolute atomic E-state index is 0.163. The maximum absolute atomic E-state index is 12.2. The van der Waals surface area contributed by atoms with Gasteiger partial charge in [0, 0.05) is 19.6 Å². The standard InChI is InChI=1S/C10H18N2O4S/c1-17(15,16)12-5-2-3-9(12)10(14)11-6-4-8(13)7-11/h8-9,13H,2-7H2,1H3/t8-,9?/m0/s1. The van der Waals surface area contributed by atoms with Crippen LogP contribution in [0.1, 0.15) is 19.3 Å². The first kappa shape index (κ1) is 12.8. The van der Waals surface area contributed by atoms with Gasteiger partial charge < -0.3 is 10.0 Å². The van der Waals surface area contributed by atoms with Crippen molar-refractivity contribution in [3.05, 3.63) is 0 Å². The Labute approximate surface area is 101 Å². The molecule has 0 aromatic rings. The molecule has 98 valence electrons. The molecule has 0 saturated carbocycles. The van der Waals surface area contributed by atoms with Crippen LogP contribution in [0, 0.1) is 0 Å². The van der Waals surface area contributed by atoms with E-state index >= 15 is 0 Å². The molecule has 2 rings (SSSR count). The van der Waals surface area contributed by atoms with Gasteiger partial charge in [-0.2, -0.15) is 4.31 Å². The van der Waals surface area contributed by atoms with Gasteiger partial charge in [-0.3, -0.25) is 4.79 Å².